The van der Waals surface area contributed by atoms with Gasteiger partial charge in [-0.25, -0.2) is 0 Å². The number of nitrogens with one attached hydrogen (secondary N) is 1. The van der Waals surface area contributed by atoms with Gasteiger partial charge >= 0.3 is 0 Å². The van der Waals surface area contributed by atoms with Gasteiger partial charge in [0.15, 0.2) is 0 Å². The molecule has 0 aromatic rings. The molecule has 0 aromatic carbocycles. The standard InChI is InChI=1S/C10H21NO2/c1-2-10(12)7-11-5-6-13-8-9-3-4-9/h9-12H,2-8H2,1H3. The normalized spacial score (nSPS) is 18.9. The monoisotopic (exact) mass is 187 g/mol. The molecule has 1 rings (SSSR count). The summed E-state index contributed by atoms with van der Waals surface area (Å²) in [5, 5.41) is 12.4. The van der Waals surface area contributed by atoms with Gasteiger partial charge in [-0.1, -0.05) is 6.92 Å². The van der Waals surface area contributed by atoms with Crippen molar-refractivity contribution >= 4 is 0 Å². The predicted octanol–water partition coefficient (Wildman–Crippen LogP) is 0.773. The second kappa shape index (κ2) is 6.35. The summed E-state index contributed by atoms with van der Waals surface area (Å²) in [5.41, 5.74) is 0. The van der Waals surface area contributed by atoms with Crippen LogP contribution in [-0.2, 0) is 4.74 Å². The number of hydrogen-bond acceptors (Lipinski definition) is 3. The first-order valence-corrected chi connectivity index (χ1v) is 5.29. The van der Waals surface area contributed by atoms with Crippen LogP contribution >= 0.6 is 0 Å². The van der Waals surface area contributed by atoms with E-state index in [0.717, 1.165) is 32.1 Å². The Morgan fingerprint density at radius 2 is 2.31 bits per heavy atom. The summed E-state index contributed by atoms with van der Waals surface area (Å²) in [6, 6.07) is 0. The molecule has 0 aromatic heterocycles. The molecule has 1 atom stereocenters. The van der Waals surface area contributed by atoms with E-state index >= 15 is 0 Å². The highest BCUT2D eigenvalue weighted by atomic mass is 16.5. The first-order chi connectivity index (χ1) is 6.33. The molecule has 1 unspecified atom stereocenters. The molecule has 0 heterocycles. The van der Waals surface area contributed by atoms with E-state index < -0.39 is 0 Å². The molecule has 13 heavy (non-hydrogen) atoms. The third kappa shape index (κ3) is 6.02. The Balaban J connectivity index is 1.72. The van der Waals surface area contributed by atoms with Gasteiger partial charge in [-0.3, -0.25) is 0 Å². The predicted molar refractivity (Wildman–Crippen MR) is 52.7 cm³/mol. The number of aliphatic hydroxyl groups excluding tert-OH is 1. The zero-order valence-corrected chi connectivity index (χ0v) is 8.46. The number of rotatable bonds is 8. The van der Waals surface area contributed by atoms with Crippen molar-refractivity contribution in [1.82, 2.24) is 5.32 Å². The Kier molecular flexibility index (Phi) is 5.35. The molecule has 0 aliphatic heterocycles. The van der Waals surface area contributed by atoms with Crippen LogP contribution in [0.15, 0.2) is 0 Å². The Labute approximate surface area is 80.5 Å². The third-order valence-electron chi connectivity index (χ3n) is 2.32. The Bertz CT molecular complexity index is 126. The van der Waals surface area contributed by atoms with Crippen molar-refractivity contribution < 1.29 is 9.84 Å². The van der Waals surface area contributed by atoms with Crippen molar-refractivity contribution in [3.8, 4) is 0 Å². The molecule has 1 aliphatic rings. The van der Waals surface area contributed by atoms with Crippen LogP contribution in [0.3, 0.4) is 0 Å². The van der Waals surface area contributed by atoms with Crippen molar-refractivity contribution in [3.63, 3.8) is 0 Å². The minimum atomic E-state index is -0.205. The molecule has 3 heteroatoms. The van der Waals surface area contributed by atoms with Crippen molar-refractivity contribution in [2.75, 3.05) is 26.3 Å². The van der Waals surface area contributed by atoms with Crippen molar-refractivity contribution in [3.05, 3.63) is 0 Å². The molecular weight excluding hydrogens is 166 g/mol. The fraction of sp³-hybridized carbons (Fsp3) is 1.00. The number of ether oxygens (including phenoxy) is 1. The average Bonchev–Trinajstić information content (AvgIpc) is 2.94. The summed E-state index contributed by atoms with van der Waals surface area (Å²) >= 11 is 0. The second-order valence-corrected chi connectivity index (χ2v) is 3.78. The molecular formula is C10H21NO2. The van der Waals surface area contributed by atoms with Crippen molar-refractivity contribution in [2.45, 2.75) is 32.3 Å². The van der Waals surface area contributed by atoms with E-state index in [1.807, 2.05) is 6.92 Å². The molecule has 1 fully saturated rings. The third-order valence-corrected chi connectivity index (χ3v) is 2.32. The Morgan fingerprint density at radius 3 is 2.92 bits per heavy atom. The van der Waals surface area contributed by atoms with Gasteiger partial charge in [-0.15, -0.1) is 0 Å². The quantitative estimate of drug-likeness (QED) is 0.552. The van der Waals surface area contributed by atoms with Gasteiger partial charge in [-0.05, 0) is 25.2 Å². The SMILES string of the molecule is CCC(O)CNCCOCC1CC1. The summed E-state index contributed by atoms with van der Waals surface area (Å²) < 4.78 is 5.43. The molecule has 0 radical (unpaired) electrons. The van der Waals surface area contributed by atoms with Gasteiger partial charge in [-0.2, -0.15) is 0 Å². The number of aliphatic hydroxyl groups is 1. The minimum Gasteiger partial charge on any atom is -0.392 e. The van der Waals surface area contributed by atoms with E-state index in [0.29, 0.717) is 6.54 Å². The fourth-order valence-electron chi connectivity index (χ4n) is 1.09. The highest BCUT2D eigenvalue weighted by molar-refractivity contribution is 4.71. The topological polar surface area (TPSA) is 41.5 Å². The van der Waals surface area contributed by atoms with Crippen molar-refractivity contribution in [2.24, 2.45) is 5.92 Å². The summed E-state index contributed by atoms with van der Waals surface area (Å²) in [6.07, 6.45) is 3.31. The highest BCUT2D eigenvalue weighted by Crippen LogP contribution is 2.28. The lowest BCUT2D eigenvalue weighted by Crippen LogP contribution is -2.29. The molecule has 2 N–H and O–H groups in total. The maximum Gasteiger partial charge on any atom is 0.0662 e. The van der Waals surface area contributed by atoms with E-state index in [4.69, 9.17) is 4.74 Å². The molecule has 0 amide bonds. The number of hydrogen-bond donors (Lipinski definition) is 2. The van der Waals surface area contributed by atoms with E-state index in [9.17, 15) is 5.11 Å². The lowest BCUT2D eigenvalue weighted by molar-refractivity contribution is 0.119. The van der Waals surface area contributed by atoms with Gasteiger partial charge < -0.3 is 15.2 Å². The molecule has 78 valence electrons. The van der Waals surface area contributed by atoms with Crippen LogP contribution in [0.5, 0.6) is 0 Å². The molecule has 0 spiro atoms. The molecule has 1 saturated carbocycles. The average molecular weight is 187 g/mol. The second-order valence-electron chi connectivity index (χ2n) is 3.78. The first-order valence-electron chi connectivity index (χ1n) is 5.29. The molecule has 0 bridgehead atoms. The van der Waals surface area contributed by atoms with Gasteiger partial charge in [0.05, 0.1) is 12.7 Å². The summed E-state index contributed by atoms with van der Waals surface area (Å²) in [4.78, 5) is 0. The van der Waals surface area contributed by atoms with Crippen LogP contribution < -0.4 is 5.32 Å². The lowest BCUT2D eigenvalue weighted by atomic mass is 10.3. The summed E-state index contributed by atoms with van der Waals surface area (Å²) in [6.45, 7) is 5.22. The van der Waals surface area contributed by atoms with E-state index in [1.165, 1.54) is 12.8 Å². The fourth-order valence-corrected chi connectivity index (χ4v) is 1.09. The van der Waals surface area contributed by atoms with Gasteiger partial charge in [0.2, 0.25) is 0 Å². The maximum absolute atomic E-state index is 9.21. The van der Waals surface area contributed by atoms with Gasteiger partial charge in [0.1, 0.15) is 0 Å². The van der Waals surface area contributed by atoms with Crippen LogP contribution in [0.25, 0.3) is 0 Å². The van der Waals surface area contributed by atoms with Crippen molar-refractivity contribution in [1.29, 1.82) is 0 Å². The summed E-state index contributed by atoms with van der Waals surface area (Å²) in [7, 11) is 0. The van der Waals surface area contributed by atoms with Crippen LogP contribution in [-0.4, -0.2) is 37.5 Å². The van der Waals surface area contributed by atoms with Gasteiger partial charge in [0.25, 0.3) is 0 Å². The van der Waals surface area contributed by atoms with Crippen LogP contribution in [0.2, 0.25) is 0 Å². The van der Waals surface area contributed by atoms with Gasteiger partial charge in [0, 0.05) is 19.7 Å². The van der Waals surface area contributed by atoms with Crippen LogP contribution in [0, 0.1) is 5.92 Å². The molecule has 3 nitrogen and oxygen atoms in total. The molecule has 1 aliphatic carbocycles. The lowest BCUT2D eigenvalue weighted by Gasteiger charge is -2.09. The smallest absolute Gasteiger partial charge is 0.0662 e. The Morgan fingerprint density at radius 1 is 1.54 bits per heavy atom. The van der Waals surface area contributed by atoms with E-state index in [-0.39, 0.29) is 6.10 Å². The summed E-state index contributed by atoms with van der Waals surface area (Å²) in [5.74, 6) is 0.848. The molecule has 0 saturated heterocycles. The highest BCUT2D eigenvalue weighted by Gasteiger charge is 2.20. The van der Waals surface area contributed by atoms with E-state index in [1.54, 1.807) is 0 Å². The van der Waals surface area contributed by atoms with E-state index in [2.05, 4.69) is 5.32 Å². The largest absolute Gasteiger partial charge is 0.392 e. The first kappa shape index (κ1) is 11.0. The maximum atomic E-state index is 9.21. The minimum absolute atomic E-state index is 0.205. The zero-order chi connectivity index (χ0) is 9.52. The Hall–Kier alpha value is -0.120. The van der Waals surface area contributed by atoms with Crippen LogP contribution in [0.1, 0.15) is 26.2 Å². The van der Waals surface area contributed by atoms with Crippen LogP contribution in [0.4, 0.5) is 0 Å². The zero-order valence-electron chi connectivity index (χ0n) is 8.46.